The highest BCUT2D eigenvalue weighted by Gasteiger charge is 2.30. The van der Waals surface area contributed by atoms with Gasteiger partial charge in [-0.25, -0.2) is 9.13 Å². The average Bonchev–Trinajstić information content (AvgIpc) is 3.34. The van der Waals surface area contributed by atoms with Gasteiger partial charge in [0.15, 0.2) is 11.0 Å². The molecule has 0 spiro atoms. The van der Waals surface area contributed by atoms with Crippen LogP contribution in [-0.2, 0) is 13.1 Å². The Kier molecular flexibility index (Phi) is 8.21. The lowest BCUT2D eigenvalue weighted by molar-refractivity contribution is -0.670. The van der Waals surface area contributed by atoms with E-state index in [4.69, 9.17) is 23.2 Å². The van der Waals surface area contributed by atoms with Crippen LogP contribution in [0.1, 0.15) is 47.4 Å². The number of nitrogens with zero attached hydrogens (tertiary/aromatic N) is 5. The summed E-state index contributed by atoms with van der Waals surface area (Å²) >= 11 is 12.7. The molecule has 0 bridgehead atoms. The molecular weight excluding hydrogens is 489 g/mol. The van der Waals surface area contributed by atoms with E-state index in [9.17, 15) is 0 Å². The molecule has 192 valence electrons. The summed E-state index contributed by atoms with van der Waals surface area (Å²) in [4.78, 5) is 6.99. The number of aryl methyl sites for hydroxylation is 2. The molecule has 0 amide bonds. The van der Waals surface area contributed by atoms with Gasteiger partial charge in [-0.1, -0.05) is 29.3 Å². The number of fused-ring (bicyclic) bond motifs is 2. The summed E-state index contributed by atoms with van der Waals surface area (Å²) in [5.74, 6) is 2.34. The number of halogens is 2. The van der Waals surface area contributed by atoms with Crippen LogP contribution < -0.4 is 19.3 Å². The fraction of sp³-hybridized carbons (Fsp3) is 0.414. The molecule has 5 nitrogen and oxygen atoms in total. The Morgan fingerprint density at radius 3 is 1.94 bits per heavy atom. The van der Waals surface area contributed by atoms with E-state index in [0.29, 0.717) is 10.0 Å². The number of rotatable bonds is 9. The third-order valence-electron chi connectivity index (χ3n) is 7.13. The van der Waals surface area contributed by atoms with Crippen molar-refractivity contribution in [3.05, 3.63) is 64.2 Å². The second-order valence-electron chi connectivity index (χ2n) is 8.82. The molecule has 0 unspecified atom stereocenters. The van der Waals surface area contributed by atoms with Crippen molar-refractivity contribution in [3.63, 3.8) is 0 Å². The minimum absolute atomic E-state index is 0.585. The Morgan fingerprint density at radius 2 is 1.44 bits per heavy atom. The van der Waals surface area contributed by atoms with Crippen LogP contribution in [0.3, 0.4) is 0 Å². The molecule has 7 heteroatoms. The molecule has 1 aliphatic heterocycles. The van der Waals surface area contributed by atoms with Gasteiger partial charge in [-0.2, -0.15) is 0 Å². The Labute approximate surface area is 225 Å². The first-order valence-corrected chi connectivity index (χ1v) is 13.9. The maximum absolute atomic E-state index is 6.37. The molecule has 3 aromatic rings. The van der Waals surface area contributed by atoms with Gasteiger partial charge >= 0.3 is 0 Å². The summed E-state index contributed by atoms with van der Waals surface area (Å²) in [6, 6.07) is 10.8. The van der Waals surface area contributed by atoms with E-state index >= 15 is 0 Å². The van der Waals surface area contributed by atoms with Gasteiger partial charge in [-0.05, 0) is 71.9 Å². The first-order valence-electron chi connectivity index (χ1n) is 13.2. The molecule has 2 aromatic carbocycles. The number of hydrogen-bond donors (Lipinski definition) is 0. The van der Waals surface area contributed by atoms with Crippen molar-refractivity contribution < 1.29 is 4.57 Å². The fourth-order valence-corrected chi connectivity index (χ4v) is 5.71. The molecule has 0 atom stereocenters. The number of allylic oxidation sites excluding steroid dienone is 2. The molecule has 2 heterocycles. The molecule has 1 aliphatic rings. The molecule has 1 aromatic heterocycles. The van der Waals surface area contributed by atoms with Crippen LogP contribution in [0.5, 0.6) is 0 Å². The quantitative estimate of drug-likeness (QED) is 0.271. The normalized spacial score (nSPS) is 13.4. The topological polar surface area (TPSA) is 18.5 Å². The summed E-state index contributed by atoms with van der Waals surface area (Å²) < 4.78 is 4.82. The van der Waals surface area contributed by atoms with Crippen molar-refractivity contribution in [1.82, 2.24) is 4.57 Å². The van der Waals surface area contributed by atoms with Crippen LogP contribution in [0.4, 0.5) is 17.1 Å². The highest BCUT2D eigenvalue weighted by atomic mass is 35.5. The lowest BCUT2D eigenvalue weighted by Crippen LogP contribution is -2.35. The molecule has 0 aliphatic carbocycles. The molecule has 4 rings (SSSR count). The maximum atomic E-state index is 6.37. The van der Waals surface area contributed by atoms with E-state index in [1.807, 2.05) is 12.1 Å². The van der Waals surface area contributed by atoms with Gasteiger partial charge in [0, 0.05) is 44.0 Å². The standard InChI is InChI=1S/C29H38Cl2N5/c1-7-32(8-2)21-16-17-24-25(18-21)34(10-4)28(33(24)9-3)14-13-15-29-35(11-5)26-19-22(30)23(31)20-27(26)36(29)12-6/h13-20H,7-12H2,1-6H3/q+1. The number of anilines is 3. The van der Waals surface area contributed by atoms with E-state index < -0.39 is 0 Å². The highest BCUT2D eigenvalue weighted by Crippen LogP contribution is 2.45. The van der Waals surface area contributed by atoms with Crippen molar-refractivity contribution in [3.8, 4) is 0 Å². The Balaban J connectivity index is 1.78. The highest BCUT2D eigenvalue weighted by molar-refractivity contribution is 6.42. The second kappa shape index (κ2) is 11.2. The molecule has 0 saturated carbocycles. The van der Waals surface area contributed by atoms with Crippen LogP contribution in [0.15, 0.2) is 48.3 Å². The lowest BCUT2D eigenvalue weighted by atomic mass is 10.2. The van der Waals surface area contributed by atoms with Gasteiger partial charge in [0.2, 0.25) is 0 Å². The van der Waals surface area contributed by atoms with Crippen molar-refractivity contribution in [2.75, 3.05) is 40.9 Å². The van der Waals surface area contributed by atoms with Crippen LogP contribution in [0.2, 0.25) is 10.0 Å². The van der Waals surface area contributed by atoms with Crippen molar-refractivity contribution in [1.29, 1.82) is 0 Å². The second-order valence-corrected chi connectivity index (χ2v) is 9.63. The van der Waals surface area contributed by atoms with Crippen molar-refractivity contribution >= 4 is 57.4 Å². The SMILES string of the molecule is CCN(CC)c1ccc2c(c1)n(CC)c(/C=C/C=C1N(CC)c3cc(Cl)c(Cl)cc3N1CC)[n+]2CC. The molecule has 0 N–H and O–H groups in total. The molecule has 0 fully saturated rings. The summed E-state index contributed by atoms with van der Waals surface area (Å²) in [5.41, 5.74) is 6.02. The minimum atomic E-state index is 0.585. The number of benzene rings is 2. The summed E-state index contributed by atoms with van der Waals surface area (Å²) in [7, 11) is 0. The van der Waals surface area contributed by atoms with Gasteiger partial charge in [0.1, 0.15) is 5.82 Å². The average molecular weight is 528 g/mol. The Hall–Kier alpha value is -2.63. The predicted octanol–water partition coefficient (Wildman–Crippen LogP) is 7.34. The summed E-state index contributed by atoms with van der Waals surface area (Å²) in [6.45, 7) is 18.7. The third kappa shape index (κ3) is 4.48. The van der Waals surface area contributed by atoms with Gasteiger partial charge < -0.3 is 14.7 Å². The first kappa shape index (κ1) is 26.4. The number of hydrogen-bond acceptors (Lipinski definition) is 3. The summed E-state index contributed by atoms with van der Waals surface area (Å²) in [6.07, 6.45) is 6.61. The monoisotopic (exact) mass is 526 g/mol. The molecule has 0 radical (unpaired) electrons. The Bertz CT molecular complexity index is 1260. The van der Waals surface area contributed by atoms with E-state index in [1.54, 1.807) is 0 Å². The number of aromatic nitrogens is 2. The largest absolute Gasteiger partial charge is 0.372 e. The fourth-order valence-electron chi connectivity index (χ4n) is 5.39. The van der Waals surface area contributed by atoms with Crippen LogP contribution >= 0.6 is 23.2 Å². The number of imidazole rings is 1. The maximum Gasteiger partial charge on any atom is 0.282 e. The van der Waals surface area contributed by atoms with Crippen molar-refractivity contribution in [2.45, 2.75) is 54.6 Å². The molecular formula is C29H38Cl2N5+. The zero-order chi connectivity index (χ0) is 26.0. The van der Waals surface area contributed by atoms with Crippen LogP contribution in [0.25, 0.3) is 17.1 Å². The van der Waals surface area contributed by atoms with Crippen LogP contribution in [0, 0.1) is 0 Å². The first-order chi connectivity index (χ1) is 17.4. The van der Waals surface area contributed by atoms with Gasteiger partial charge in [0.05, 0.1) is 34.5 Å². The third-order valence-corrected chi connectivity index (χ3v) is 7.85. The van der Waals surface area contributed by atoms with E-state index in [0.717, 1.165) is 56.5 Å². The van der Waals surface area contributed by atoms with E-state index in [-0.39, 0.29) is 0 Å². The van der Waals surface area contributed by atoms with E-state index in [2.05, 4.69) is 102 Å². The predicted molar refractivity (Wildman–Crippen MR) is 157 cm³/mol. The van der Waals surface area contributed by atoms with Gasteiger partial charge in [0.25, 0.3) is 5.82 Å². The van der Waals surface area contributed by atoms with E-state index in [1.165, 1.54) is 22.5 Å². The van der Waals surface area contributed by atoms with Crippen LogP contribution in [-0.4, -0.2) is 30.7 Å². The smallest absolute Gasteiger partial charge is 0.282 e. The van der Waals surface area contributed by atoms with Gasteiger partial charge in [-0.3, -0.25) is 0 Å². The zero-order valence-corrected chi connectivity index (χ0v) is 23.9. The molecule has 36 heavy (non-hydrogen) atoms. The van der Waals surface area contributed by atoms with Crippen molar-refractivity contribution in [2.24, 2.45) is 0 Å². The zero-order valence-electron chi connectivity index (χ0n) is 22.4. The van der Waals surface area contributed by atoms with Gasteiger partial charge in [-0.15, -0.1) is 0 Å². The lowest BCUT2D eigenvalue weighted by Gasteiger charge is -2.23. The Morgan fingerprint density at radius 1 is 0.833 bits per heavy atom. The minimum Gasteiger partial charge on any atom is -0.372 e. The molecule has 0 saturated heterocycles. The summed E-state index contributed by atoms with van der Waals surface area (Å²) in [5, 5.41) is 1.17.